The van der Waals surface area contributed by atoms with Crippen molar-refractivity contribution in [3.05, 3.63) is 46.8 Å². The van der Waals surface area contributed by atoms with E-state index < -0.39 is 6.04 Å². The van der Waals surface area contributed by atoms with Gasteiger partial charge in [-0.25, -0.2) is 0 Å². The number of aromatic nitrogens is 1. The Morgan fingerprint density at radius 1 is 1.27 bits per heavy atom. The normalized spacial score (nSPS) is 26.1. The van der Waals surface area contributed by atoms with Crippen LogP contribution in [0.3, 0.4) is 0 Å². The molecule has 0 radical (unpaired) electrons. The molecule has 0 bridgehead atoms. The molecule has 1 aromatic heterocycles. The third-order valence-electron chi connectivity index (χ3n) is 6.67. The first-order valence-corrected chi connectivity index (χ1v) is 10.7. The van der Waals surface area contributed by atoms with E-state index in [9.17, 15) is 9.59 Å². The third kappa shape index (κ3) is 2.99. The Hall–Kier alpha value is -2.80. The number of benzene rings is 1. The lowest BCUT2D eigenvalue weighted by atomic mass is 9.87. The number of H-pyrrole nitrogens is 1. The molecule has 7 heteroatoms. The molecule has 3 heterocycles. The van der Waals surface area contributed by atoms with Crippen molar-refractivity contribution in [1.82, 2.24) is 20.5 Å². The van der Waals surface area contributed by atoms with Crippen LogP contribution < -0.4 is 10.6 Å². The number of amides is 2. The summed E-state index contributed by atoms with van der Waals surface area (Å²) in [6, 6.07) is 7.92. The molecule has 3 aliphatic rings. The summed E-state index contributed by atoms with van der Waals surface area (Å²) in [6.45, 7) is 2.51. The Labute approximate surface area is 175 Å². The van der Waals surface area contributed by atoms with Gasteiger partial charge in [0.2, 0.25) is 5.91 Å². The molecule has 0 spiro atoms. The van der Waals surface area contributed by atoms with Crippen LogP contribution in [0, 0.1) is 6.92 Å². The topological polar surface area (TPSA) is 86.5 Å². The summed E-state index contributed by atoms with van der Waals surface area (Å²) in [4.78, 5) is 31.9. The lowest BCUT2D eigenvalue weighted by molar-refractivity contribution is -0.141. The number of para-hydroxylation sites is 1. The zero-order valence-corrected chi connectivity index (χ0v) is 17.5. The predicted octanol–water partition coefficient (Wildman–Crippen LogP) is 2.29. The average molecular weight is 409 g/mol. The summed E-state index contributed by atoms with van der Waals surface area (Å²) < 4.78 is 5.26. The van der Waals surface area contributed by atoms with E-state index in [1.165, 1.54) is 0 Å². The second kappa shape index (κ2) is 7.47. The van der Waals surface area contributed by atoms with E-state index in [1.54, 1.807) is 7.11 Å². The summed E-state index contributed by atoms with van der Waals surface area (Å²) in [5, 5.41) is 7.70. The Morgan fingerprint density at radius 3 is 2.93 bits per heavy atom. The van der Waals surface area contributed by atoms with Gasteiger partial charge in [0.15, 0.2) is 0 Å². The second-order valence-corrected chi connectivity index (χ2v) is 8.58. The minimum atomic E-state index is -0.451. The van der Waals surface area contributed by atoms with Gasteiger partial charge in [-0.3, -0.25) is 9.59 Å². The number of nitrogens with one attached hydrogen (secondary N) is 3. The van der Waals surface area contributed by atoms with Crippen molar-refractivity contribution in [3.8, 4) is 0 Å². The van der Waals surface area contributed by atoms with Crippen molar-refractivity contribution in [2.75, 3.05) is 20.3 Å². The first-order chi connectivity index (χ1) is 14.6. The van der Waals surface area contributed by atoms with E-state index in [0.717, 1.165) is 53.5 Å². The van der Waals surface area contributed by atoms with Crippen LogP contribution in [0.2, 0.25) is 0 Å². The van der Waals surface area contributed by atoms with Crippen LogP contribution in [-0.4, -0.2) is 54.0 Å². The lowest BCUT2D eigenvalue weighted by Crippen LogP contribution is -2.54. The van der Waals surface area contributed by atoms with E-state index >= 15 is 0 Å². The van der Waals surface area contributed by atoms with Crippen molar-refractivity contribution in [3.63, 3.8) is 0 Å². The fourth-order valence-corrected chi connectivity index (χ4v) is 5.46. The molecule has 0 saturated heterocycles. The Morgan fingerprint density at radius 2 is 2.10 bits per heavy atom. The van der Waals surface area contributed by atoms with Crippen molar-refractivity contribution in [1.29, 1.82) is 0 Å². The maximum atomic E-state index is 13.4. The van der Waals surface area contributed by atoms with E-state index in [1.807, 2.05) is 24.0 Å². The van der Waals surface area contributed by atoms with E-state index in [-0.39, 0.29) is 30.5 Å². The summed E-state index contributed by atoms with van der Waals surface area (Å²) in [5.74, 6) is -0.174. The molecular weight excluding hydrogens is 380 g/mol. The first kappa shape index (κ1) is 19.2. The quantitative estimate of drug-likeness (QED) is 0.727. The van der Waals surface area contributed by atoms with Crippen molar-refractivity contribution >= 4 is 22.7 Å². The predicted molar refractivity (Wildman–Crippen MR) is 114 cm³/mol. The number of hydrogen-bond acceptors (Lipinski definition) is 4. The van der Waals surface area contributed by atoms with E-state index in [0.29, 0.717) is 12.1 Å². The fraction of sp³-hybridized carbons (Fsp3) is 0.478. The molecule has 0 unspecified atom stereocenters. The average Bonchev–Trinajstić information content (AvgIpc) is 3.24. The van der Waals surface area contributed by atoms with Gasteiger partial charge in [-0.15, -0.1) is 0 Å². The molecule has 3 atom stereocenters. The highest BCUT2D eigenvalue weighted by molar-refractivity contribution is 6.00. The summed E-state index contributed by atoms with van der Waals surface area (Å²) in [7, 11) is 1.54. The number of nitrogens with zero attached hydrogens (tertiary/aromatic N) is 1. The number of rotatable bonds is 3. The van der Waals surface area contributed by atoms with Gasteiger partial charge in [0, 0.05) is 35.5 Å². The molecule has 1 aromatic carbocycles. The smallest absolute Gasteiger partial charge is 0.251 e. The Bertz CT molecular complexity index is 1040. The summed E-state index contributed by atoms with van der Waals surface area (Å²) >= 11 is 0. The van der Waals surface area contributed by atoms with Gasteiger partial charge in [-0.1, -0.05) is 31.0 Å². The number of aryl methyl sites for hydroxylation is 1. The molecule has 158 valence electrons. The number of ether oxygens (including phenoxy) is 1. The van der Waals surface area contributed by atoms with Crippen LogP contribution in [0.25, 0.3) is 10.9 Å². The molecule has 2 amide bonds. The maximum Gasteiger partial charge on any atom is 0.251 e. The number of aromatic amines is 1. The molecule has 5 rings (SSSR count). The van der Waals surface area contributed by atoms with Crippen LogP contribution in [0.1, 0.15) is 43.0 Å². The minimum Gasteiger partial charge on any atom is -0.382 e. The van der Waals surface area contributed by atoms with Gasteiger partial charge < -0.3 is 25.3 Å². The molecule has 2 aliphatic heterocycles. The molecule has 7 nitrogen and oxygen atoms in total. The SMILES string of the molecule is COCC(=O)N1[C@@H]2CCCC[C@H]2NC2=C(C(=O)NC2)[C@H]1c1cccc2cc(C)[nH]c12. The van der Waals surface area contributed by atoms with E-state index in [2.05, 4.69) is 27.8 Å². The molecule has 1 aliphatic carbocycles. The number of fused-ring (bicyclic) bond motifs is 2. The Balaban J connectivity index is 1.74. The monoisotopic (exact) mass is 408 g/mol. The fourth-order valence-electron chi connectivity index (χ4n) is 5.46. The number of carbonyl (C=O) groups excluding carboxylic acids is 2. The molecule has 1 fully saturated rings. The molecule has 2 aromatic rings. The summed E-state index contributed by atoms with van der Waals surface area (Å²) in [5.41, 5.74) is 4.58. The number of hydrogen-bond donors (Lipinski definition) is 3. The van der Waals surface area contributed by atoms with Crippen molar-refractivity contribution in [2.24, 2.45) is 0 Å². The van der Waals surface area contributed by atoms with Gasteiger partial charge in [-0.2, -0.15) is 0 Å². The second-order valence-electron chi connectivity index (χ2n) is 8.58. The van der Waals surface area contributed by atoms with Crippen LogP contribution in [0.15, 0.2) is 35.5 Å². The highest BCUT2D eigenvalue weighted by Crippen LogP contribution is 2.42. The van der Waals surface area contributed by atoms with Gasteiger partial charge in [-0.05, 0) is 25.8 Å². The highest BCUT2D eigenvalue weighted by atomic mass is 16.5. The van der Waals surface area contributed by atoms with Crippen LogP contribution in [-0.2, 0) is 14.3 Å². The minimum absolute atomic E-state index is 0.00365. The molecule has 30 heavy (non-hydrogen) atoms. The van der Waals surface area contributed by atoms with Gasteiger partial charge in [0.05, 0.1) is 29.7 Å². The Kier molecular flexibility index (Phi) is 4.77. The van der Waals surface area contributed by atoms with Crippen molar-refractivity contribution < 1.29 is 14.3 Å². The van der Waals surface area contributed by atoms with Gasteiger partial charge in [0.25, 0.3) is 5.91 Å². The van der Waals surface area contributed by atoms with Crippen LogP contribution >= 0.6 is 0 Å². The van der Waals surface area contributed by atoms with Crippen molar-refractivity contribution in [2.45, 2.75) is 50.7 Å². The number of carbonyl (C=O) groups is 2. The van der Waals surface area contributed by atoms with Gasteiger partial charge in [0.1, 0.15) is 6.61 Å². The maximum absolute atomic E-state index is 13.4. The summed E-state index contributed by atoms with van der Waals surface area (Å²) in [6.07, 6.45) is 4.12. The van der Waals surface area contributed by atoms with E-state index in [4.69, 9.17) is 4.74 Å². The molecule has 3 N–H and O–H groups in total. The third-order valence-corrected chi connectivity index (χ3v) is 6.67. The first-order valence-electron chi connectivity index (χ1n) is 10.7. The molecule has 1 saturated carbocycles. The van der Waals surface area contributed by atoms with Crippen LogP contribution in [0.4, 0.5) is 0 Å². The lowest BCUT2D eigenvalue weighted by Gasteiger charge is -2.42. The van der Waals surface area contributed by atoms with Crippen LogP contribution in [0.5, 0.6) is 0 Å². The largest absolute Gasteiger partial charge is 0.382 e. The zero-order valence-electron chi connectivity index (χ0n) is 17.5. The standard InChI is InChI=1S/C23H28N4O3/c1-13-10-14-6-5-7-15(21(14)25-13)22-20-17(11-24-23(20)29)26-16-8-3-4-9-18(16)27(22)19(28)12-30-2/h5-7,10,16,18,22,25-26H,3-4,8-9,11-12H2,1-2H3,(H,24,29)/t16-,18-,22-/m1/s1. The van der Waals surface area contributed by atoms with Gasteiger partial charge >= 0.3 is 0 Å². The number of methoxy groups -OCH3 is 1. The highest BCUT2D eigenvalue weighted by Gasteiger charge is 2.46. The molecular formula is C23H28N4O3. The zero-order chi connectivity index (χ0) is 20.8.